The zero-order valence-electron chi connectivity index (χ0n) is 16.8. The molecule has 1 heterocycles. The molecule has 0 unspecified atom stereocenters. The van der Waals surface area contributed by atoms with E-state index in [2.05, 4.69) is 49.9 Å². The fraction of sp³-hybridized carbons (Fsp3) is 0.696. The van der Waals surface area contributed by atoms with Gasteiger partial charge in [-0.25, -0.2) is 0 Å². The third-order valence-corrected chi connectivity index (χ3v) is 8.15. The number of rotatable bonds is 2. The molecule has 1 saturated carbocycles. The van der Waals surface area contributed by atoms with Crippen LogP contribution < -0.4 is 0 Å². The van der Waals surface area contributed by atoms with Crippen LogP contribution >= 0.6 is 0 Å². The number of benzene rings is 1. The largest absolute Gasteiger partial charge is 0.381 e. The predicted molar refractivity (Wildman–Crippen MR) is 104 cm³/mol. The highest BCUT2D eigenvalue weighted by atomic mass is 16.5. The fourth-order valence-electron chi connectivity index (χ4n) is 5.92. The molecule has 142 valence electrons. The quantitative estimate of drug-likeness (QED) is 0.790. The van der Waals surface area contributed by atoms with Gasteiger partial charge in [-0.2, -0.15) is 0 Å². The van der Waals surface area contributed by atoms with Gasteiger partial charge in [0, 0.05) is 31.0 Å². The molecule has 3 heteroatoms. The van der Waals surface area contributed by atoms with Gasteiger partial charge in [0.2, 0.25) is 5.91 Å². The van der Waals surface area contributed by atoms with Crippen molar-refractivity contribution in [3.05, 3.63) is 35.4 Å². The number of amides is 1. The van der Waals surface area contributed by atoms with Crippen molar-refractivity contribution in [2.24, 2.45) is 11.3 Å². The number of likely N-dealkylation sites (tertiary alicyclic amines) is 1. The first-order valence-electron chi connectivity index (χ1n) is 10.3. The Morgan fingerprint density at radius 2 is 1.81 bits per heavy atom. The maximum absolute atomic E-state index is 13.4. The lowest BCUT2D eigenvalue weighted by atomic mass is 9.51. The lowest BCUT2D eigenvalue weighted by molar-refractivity contribution is -0.150. The van der Waals surface area contributed by atoms with Crippen molar-refractivity contribution in [2.45, 2.75) is 76.9 Å². The Morgan fingerprint density at radius 1 is 1.12 bits per heavy atom. The first-order chi connectivity index (χ1) is 12.4. The Morgan fingerprint density at radius 3 is 2.50 bits per heavy atom. The summed E-state index contributed by atoms with van der Waals surface area (Å²) in [5.74, 6) is 0.595. The summed E-state index contributed by atoms with van der Waals surface area (Å²) in [7, 11) is 1.79. The van der Waals surface area contributed by atoms with Gasteiger partial charge in [0.25, 0.3) is 0 Å². The maximum Gasteiger partial charge on any atom is 0.225 e. The fourth-order valence-corrected chi connectivity index (χ4v) is 5.92. The van der Waals surface area contributed by atoms with Gasteiger partial charge < -0.3 is 9.64 Å². The molecular weight excluding hydrogens is 322 g/mol. The van der Waals surface area contributed by atoms with E-state index < -0.39 is 0 Å². The first-order valence-corrected chi connectivity index (χ1v) is 10.3. The van der Waals surface area contributed by atoms with Crippen molar-refractivity contribution in [3.63, 3.8) is 0 Å². The van der Waals surface area contributed by atoms with Crippen LogP contribution in [-0.4, -0.2) is 36.6 Å². The van der Waals surface area contributed by atoms with Gasteiger partial charge in [-0.05, 0) is 55.1 Å². The molecule has 2 fully saturated rings. The van der Waals surface area contributed by atoms with Crippen molar-refractivity contribution < 1.29 is 9.53 Å². The Kier molecular flexibility index (Phi) is 4.42. The van der Waals surface area contributed by atoms with Crippen LogP contribution in [0.1, 0.15) is 64.0 Å². The van der Waals surface area contributed by atoms with Crippen LogP contribution in [0.25, 0.3) is 0 Å². The summed E-state index contributed by atoms with van der Waals surface area (Å²) < 4.78 is 5.49. The minimum atomic E-state index is 0.0962. The summed E-state index contributed by atoms with van der Waals surface area (Å²) >= 11 is 0. The maximum atomic E-state index is 13.4. The molecule has 1 aromatic rings. The third-order valence-electron chi connectivity index (χ3n) is 8.15. The average molecular weight is 356 g/mol. The number of ether oxygens (including phenoxy) is 1. The zero-order valence-corrected chi connectivity index (χ0v) is 16.8. The third kappa shape index (κ3) is 2.54. The van der Waals surface area contributed by atoms with Crippen LogP contribution in [-0.2, 0) is 21.4 Å². The molecule has 1 aliphatic heterocycles. The SMILES string of the molecule is CO[C@H]1CC[C@@H](C(=O)N2CC[C@@]3(C)c4ccccc4C[C@@H]2C3(C)C)CC1. The van der Waals surface area contributed by atoms with Crippen LogP contribution in [0, 0.1) is 11.3 Å². The van der Waals surface area contributed by atoms with Gasteiger partial charge in [-0.15, -0.1) is 0 Å². The van der Waals surface area contributed by atoms with E-state index in [1.165, 1.54) is 11.1 Å². The Balaban J connectivity index is 1.61. The number of hydrogen-bond acceptors (Lipinski definition) is 2. The molecule has 3 nitrogen and oxygen atoms in total. The number of methoxy groups -OCH3 is 1. The molecule has 0 N–H and O–H groups in total. The van der Waals surface area contributed by atoms with Crippen molar-refractivity contribution >= 4 is 5.91 Å². The lowest BCUT2D eigenvalue weighted by Crippen LogP contribution is -2.65. The number of hydrogen-bond donors (Lipinski definition) is 0. The van der Waals surface area contributed by atoms with Crippen LogP contribution in [0.4, 0.5) is 0 Å². The molecule has 1 saturated heterocycles. The molecule has 4 rings (SSSR count). The second-order valence-electron chi connectivity index (χ2n) is 9.42. The minimum absolute atomic E-state index is 0.0962. The van der Waals surface area contributed by atoms with Gasteiger partial charge in [-0.3, -0.25) is 4.79 Å². The summed E-state index contributed by atoms with van der Waals surface area (Å²) in [4.78, 5) is 15.7. The van der Waals surface area contributed by atoms with Gasteiger partial charge in [-0.1, -0.05) is 45.0 Å². The highest BCUT2D eigenvalue weighted by molar-refractivity contribution is 5.80. The number of carbonyl (C=O) groups is 1. The van der Waals surface area contributed by atoms with E-state index in [0.717, 1.165) is 45.1 Å². The van der Waals surface area contributed by atoms with E-state index in [-0.39, 0.29) is 16.7 Å². The van der Waals surface area contributed by atoms with Crippen molar-refractivity contribution in [1.82, 2.24) is 4.90 Å². The number of piperidine rings is 1. The topological polar surface area (TPSA) is 29.5 Å². The second kappa shape index (κ2) is 6.37. The van der Waals surface area contributed by atoms with Gasteiger partial charge in [0.1, 0.15) is 0 Å². The van der Waals surface area contributed by atoms with Crippen LogP contribution in [0.5, 0.6) is 0 Å². The van der Waals surface area contributed by atoms with E-state index in [9.17, 15) is 4.79 Å². The molecule has 0 radical (unpaired) electrons. The highest BCUT2D eigenvalue weighted by Crippen LogP contribution is 2.56. The van der Waals surface area contributed by atoms with Crippen LogP contribution in [0.15, 0.2) is 24.3 Å². The minimum Gasteiger partial charge on any atom is -0.381 e. The first kappa shape index (κ1) is 18.0. The van der Waals surface area contributed by atoms with E-state index in [4.69, 9.17) is 4.74 Å². The number of nitrogens with zero attached hydrogens (tertiary/aromatic N) is 1. The van der Waals surface area contributed by atoms with Crippen molar-refractivity contribution in [2.75, 3.05) is 13.7 Å². The summed E-state index contributed by atoms with van der Waals surface area (Å²) in [6.45, 7) is 8.09. The van der Waals surface area contributed by atoms with Gasteiger partial charge in [0.15, 0.2) is 0 Å². The Bertz CT molecular complexity index is 689. The van der Waals surface area contributed by atoms with Crippen molar-refractivity contribution in [1.29, 1.82) is 0 Å². The smallest absolute Gasteiger partial charge is 0.225 e. The number of fused-ring (bicyclic) bond motifs is 4. The predicted octanol–water partition coefficient (Wildman–Crippen LogP) is 4.33. The van der Waals surface area contributed by atoms with Gasteiger partial charge >= 0.3 is 0 Å². The number of carbonyl (C=O) groups excluding carboxylic acids is 1. The monoisotopic (exact) mass is 355 g/mol. The molecule has 3 aliphatic rings. The summed E-state index contributed by atoms with van der Waals surface area (Å²) in [5.41, 5.74) is 3.20. The molecule has 1 amide bonds. The van der Waals surface area contributed by atoms with Gasteiger partial charge in [0.05, 0.1) is 6.10 Å². The summed E-state index contributed by atoms with van der Waals surface area (Å²) in [6, 6.07) is 9.22. The molecule has 2 atom stereocenters. The molecular formula is C23H33NO2. The molecule has 1 aromatic carbocycles. The van der Waals surface area contributed by atoms with E-state index in [1.54, 1.807) is 7.11 Å². The van der Waals surface area contributed by atoms with E-state index in [0.29, 0.717) is 18.1 Å². The summed E-state index contributed by atoms with van der Waals surface area (Å²) in [6.07, 6.45) is 6.42. The molecule has 2 bridgehead atoms. The second-order valence-corrected chi connectivity index (χ2v) is 9.42. The normalized spacial score (nSPS) is 35.7. The molecule has 26 heavy (non-hydrogen) atoms. The lowest BCUT2D eigenvalue weighted by Gasteiger charge is -2.61. The van der Waals surface area contributed by atoms with E-state index >= 15 is 0 Å². The Hall–Kier alpha value is -1.35. The zero-order chi connectivity index (χ0) is 18.5. The molecule has 2 aliphatic carbocycles. The Labute approximate surface area is 158 Å². The summed E-state index contributed by atoms with van der Waals surface area (Å²) in [5, 5.41) is 0. The van der Waals surface area contributed by atoms with E-state index in [1.807, 2.05) is 0 Å². The van der Waals surface area contributed by atoms with Crippen molar-refractivity contribution in [3.8, 4) is 0 Å². The highest BCUT2D eigenvalue weighted by Gasteiger charge is 2.57. The van der Waals surface area contributed by atoms with Crippen LogP contribution in [0.2, 0.25) is 0 Å². The van der Waals surface area contributed by atoms with Crippen LogP contribution in [0.3, 0.4) is 0 Å². The molecule has 0 aromatic heterocycles. The molecule has 0 spiro atoms. The average Bonchev–Trinajstić information content (AvgIpc) is 2.64. The standard InChI is InChI=1S/C23H33NO2/c1-22(2)20-15-17-7-5-6-8-19(17)23(22,3)13-14-24(20)21(25)16-9-11-18(26-4)12-10-16/h5-8,16,18,20H,9-15H2,1-4H3/t16-,18+,20-,23+/m1/s1.